The Morgan fingerprint density at radius 1 is 0.544 bits per heavy atom. The molecule has 31 nitrogen and oxygen atoms in total. The number of aliphatic hydroxyl groups is 1. The van der Waals surface area contributed by atoms with Crippen molar-refractivity contribution >= 4 is 110 Å². The number of guanidine groups is 2. The number of primary amides is 1. The average molecular weight is 1590 g/mol. The number of carbonyl (C=O) groups excluding carboxylic acids is 11. The topological polar surface area (TPSA) is 482 Å². The maximum absolute atomic E-state index is 15.3. The molecular weight excluding hydrogens is 1480 g/mol. The third kappa shape index (κ3) is 29.0. The molecule has 1 saturated heterocycles. The minimum atomic E-state index is -1.83. The van der Waals surface area contributed by atoms with E-state index >= 15 is 19.2 Å². The standard InChI is InChI=1S/C82H113ClN18O13/c1-7-9-36-88-82(89-37-10-8-2)90-38-16-15-23-62(72(106)96-64(41-49(3)4)73(107)95-63(24-17-39-87-81(85)86)80(114)101-40-18-25-70(101)79(113)92-50(5)71(84)105)94-75(109)66(44-53-29-34-59(104)35-30-53)98-78(112)69(48-102)100-77(111)68(46-57-47-91-61-22-14-13-21-60(57)61)99-76(110)67(43-52-27-32-58(83)33-28-52)97-74(108)65(93-51(6)103)45-54-26-31-55-19-11-12-20-56(55)42-54/h11-14,19-22,26-35,42,47,49-50,62-70,91,102,104H,7-10,15-18,23-25,36-41,43-46,48H2,1-6H3,(H2,84,105)(H,92,113)(H,93,103)(H,94,109)(H,95,107)(H,96,106)(H,97,108)(H,98,112)(H,99,110)(H,100,111)(H4,85,86,87)(H2,88,89,90)/t50-,62-,63+,64+,65-,66+,67-,68-,69+,70+/m1/s1. The van der Waals surface area contributed by atoms with Crippen molar-refractivity contribution in [2.45, 2.75) is 205 Å². The lowest BCUT2D eigenvalue weighted by atomic mass is 9.99. The van der Waals surface area contributed by atoms with Crippen molar-refractivity contribution < 1.29 is 63.0 Å². The van der Waals surface area contributed by atoms with Gasteiger partial charge in [0, 0.05) is 87.5 Å². The number of benzene rings is 5. The van der Waals surface area contributed by atoms with Gasteiger partial charge in [-0.15, -0.1) is 0 Å². The van der Waals surface area contributed by atoms with Crippen LogP contribution in [-0.4, -0.2) is 197 Å². The van der Waals surface area contributed by atoms with Gasteiger partial charge in [0.05, 0.1) is 6.61 Å². The van der Waals surface area contributed by atoms with E-state index in [1.165, 1.54) is 43.0 Å². The Morgan fingerprint density at radius 3 is 1.64 bits per heavy atom. The first-order valence-electron chi connectivity index (χ1n) is 39.2. The van der Waals surface area contributed by atoms with Crippen molar-refractivity contribution in [3.8, 4) is 5.75 Å². The Bertz CT molecular complexity index is 4280. The lowest BCUT2D eigenvalue weighted by Gasteiger charge is -2.31. The first-order chi connectivity index (χ1) is 54.6. The summed E-state index contributed by atoms with van der Waals surface area (Å²) in [5.41, 5.74) is 19.6. The van der Waals surface area contributed by atoms with Gasteiger partial charge in [-0.25, -0.2) is 0 Å². The Kier molecular flexibility index (Phi) is 36.3. The number of aromatic hydroxyl groups is 1. The number of hydrogen-bond donors (Lipinski definition) is 17. The summed E-state index contributed by atoms with van der Waals surface area (Å²) in [6.45, 7) is 11.3. The van der Waals surface area contributed by atoms with Gasteiger partial charge in [-0.2, -0.15) is 0 Å². The number of halogens is 1. The fourth-order valence-corrected chi connectivity index (χ4v) is 13.4. The highest BCUT2D eigenvalue weighted by Crippen LogP contribution is 2.24. The number of nitrogens with one attached hydrogen (secondary N) is 12. The zero-order valence-corrected chi connectivity index (χ0v) is 66.5. The minimum absolute atomic E-state index is 0.0142. The van der Waals surface area contributed by atoms with E-state index in [1.807, 2.05) is 62.4 Å². The molecule has 6 aromatic rings. The number of fused-ring (bicyclic) bond motifs is 2. The number of carbonyl (C=O) groups is 11. The first-order valence-corrected chi connectivity index (χ1v) is 39.5. The fraction of sp³-hybridized carbons (Fsp3) is 0.476. The zero-order chi connectivity index (χ0) is 82.8. The van der Waals surface area contributed by atoms with Crippen molar-refractivity contribution in [1.82, 2.24) is 68.4 Å². The normalized spacial score (nSPS) is 14.9. The fourth-order valence-electron chi connectivity index (χ4n) is 13.2. The second-order valence-electron chi connectivity index (χ2n) is 29.2. The number of amides is 11. The second-order valence-corrected chi connectivity index (χ2v) is 29.6. The molecule has 7 rings (SSSR count). The smallest absolute Gasteiger partial charge is 0.245 e. The van der Waals surface area contributed by atoms with E-state index in [2.05, 4.69) is 82.3 Å². The molecule has 0 spiro atoms. The van der Waals surface area contributed by atoms with Crippen LogP contribution in [0.1, 0.15) is 141 Å². The van der Waals surface area contributed by atoms with Gasteiger partial charge < -0.3 is 95.8 Å². The van der Waals surface area contributed by atoms with Crippen LogP contribution in [0.25, 0.3) is 21.7 Å². The molecule has 10 atom stereocenters. The molecule has 0 saturated carbocycles. The lowest BCUT2D eigenvalue weighted by molar-refractivity contribution is -0.142. The van der Waals surface area contributed by atoms with Crippen molar-refractivity contribution in [2.75, 3.05) is 39.3 Å². The number of likely N-dealkylation sites (tertiary alicyclic amines) is 1. The summed E-state index contributed by atoms with van der Waals surface area (Å²) in [5, 5.41) is 55.9. The molecule has 1 fully saturated rings. The average Bonchev–Trinajstić information content (AvgIpc) is 1.51. The number of nitrogens with two attached hydrogens (primary N) is 3. The highest BCUT2D eigenvalue weighted by Gasteiger charge is 2.41. The van der Waals surface area contributed by atoms with Gasteiger partial charge in [0.25, 0.3) is 0 Å². The van der Waals surface area contributed by atoms with Crippen molar-refractivity contribution in [3.63, 3.8) is 0 Å². The number of unbranched alkanes of at least 4 members (excludes halogenated alkanes) is 3. The summed E-state index contributed by atoms with van der Waals surface area (Å²) in [5.74, 6) is -8.67. The number of aliphatic imine (C=N–C) groups is 2. The molecule has 616 valence electrons. The second kappa shape index (κ2) is 46.0. The largest absolute Gasteiger partial charge is 0.508 e. The van der Waals surface area contributed by atoms with Crippen LogP contribution in [0.5, 0.6) is 5.75 Å². The Hall–Kier alpha value is -11.3. The molecule has 20 N–H and O–H groups in total. The van der Waals surface area contributed by atoms with Crippen molar-refractivity contribution in [3.05, 3.63) is 149 Å². The molecule has 0 bridgehead atoms. The van der Waals surface area contributed by atoms with Crippen LogP contribution in [0.15, 0.2) is 131 Å². The molecule has 1 aromatic heterocycles. The monoisotopic (exact) mass is 1590 g/mol. The number of rotatable bonds is 45. The lowest BCUT2D eigenvalue weighted by Crippen LogP contribution is -2.61. The molecule has 2 heterocycles. The number of phenolic OH excluding ortho intramolecular Hbond substituents is 1. The summed E-state index contributed by atoms with van der Waals surface area (Å²) in [7, 11) is 0. The Balaban J connectivity index is 1.18. The molecule has 11 amide bonds. The van der Waals surface area contributed by atoms with Gasteiger partial charge in [-0.05, 0) is 140 Å². The van der Waals surface area contributed by atoms with Crippen LogP contribution in [0.4, 0.5) is 0 Å². The Morgan fingerprint density at radius 2 is 1.04 bits per heavy atom. The summed E-state index contributed by atoms with van der Waals surface area (Å²) in [4.78, 5) is 171. The highest BCUT2D eigenvalue weighted by atomic mass is 35.5. The molecule has 0 aliphatic carbocycles. The zero-order valence-electron chi connectivity index (χ0n) is 65.8. The van der Waals surface area contributed by atoms with E-state index in [0.29, 0.717) is 76.6 Å². The number of H-pyrrole nitrogens is 1. The van der Waals surface area contributed by atoms with E-state index in [4.69, 9.17) is 33.8 Å². The maximum atomic E-state index is 15.3. The minimum Gasteiger partial charge on any atom is -0.508 e. The number of hydrogen-bond acceptors (Lipinski definition) is 15. The summed E-state index contributed by atoms with van der Waals surface area (Å²) in [6, 6.07) is 19.1. The quantitative estimate of drug-likeness (QED) is 0.0148. The summed E-state index contributed by atoms with van der Waals surface area (Å²) < 4.78 is 0. The van der Waals surface area contributed by atoms with Gasteiger partial charge in [0.2, 0.25) is 65.0 Å². The number of para-hydroxylation sites is 1. The van der Waals surface area contributed by atoms with Crippen molar-refractivity contribution in [1.29, 1.82) is 0 Å². The van der Waals surface area contributed by atoms with E-state index < -0.39 is 132 Å². The predicted octanol–water partition coefficient (Wildman–Crippen LogP) is 3.23. The summed E-state index contributed by atoms with van der Waals surface area (Å²) in [6.07, 6.45) is 6.26. The molecule has 32 heteroatoms. The molecular formula is C82H113ClN18O13. The van der Waals surface area contributed by atoms with Crippen molar-refractivity contribution in [2.24, 2.45) is 33.1 Å². The van der Waals surface area contributed by atoms with Crippen LogP contribution in [-0.2, 0) is 78.4 Å². The van der Waals surface area contributed by atoms with Crippen LogP contribution in [0.3, 0.4) is 0 Å². The number of nitrogens with zero attached hydrogens (tertiary/aromatic N) is 3. The van der Waals surface area contributed by atoms with E-state index in [1.54, 1.807) is 48.7 Å². The molecule has 0 unspecified atom stereocenters. The van der Waals surface area contributed by atoms with Crippen LogP contribution in [0.2, 0.25) is 5.02 Å². The number of aromatic amines is 1. The highest BCUT2D eigenvalue weighted by molar-refractivity contribution is 6.30. The van der Waals surface area contributed by atoms with Crippen LogP contribution in [0, 0.1) is 5.92 Å². The SMILES string of the molecule is CCCCNC(=NCCCC[C@@H](NC(=O)[C@H](Cc1ccc(O)cc1)NC(=O)[C@H](CO)NC(=O)[C@@H](Cc1c[nH]c2ccccc12)NC(=O)[C@@H](Cc1ccc(Cl)cc1)NC(=O)[C@@H](Cc1ccc2ccccc2c1)NC(C)=O)C(=O)N[C@@H](CC(C)C)C(=O)N[C@@H](CCCN=C(N)N)C(=O)N1CCC[C@H]1C(=O)N[C@H](C)C(N)=O)NCCCC. The molecule has 0 radical (unpaired) electrons. The molecule has 5 aromatic carbocycles. The third-order valence-electron chi connectivity index (χ3n) is 19.5. The van der Waals surface area contributed by atoms with E-state index in [0.717, 1.165) is 36.5 Å². The van der Waals surface area contributed by atoms with Gasteiger partial charge in [0.15, 0.2) is 11.9 Å². The first kappa shape index (κ1) is 89.9. The molecule has 1 aliphatic heterocycles. The van der Waals surface area contributed by atoms with Gasteiger partial charge in [-0.3, -0.25) is 62.7 Å². The predicted molar refractivity (Wildman–Crippen MR) is 438 cm³/mol. The number of aromatic nitrogens is 1. The van der Waals surface area contributed by atoms with Crippen LogP contribution >= 0.6 is 11.6 Å². The maximum Gasteiger partial charge on any atom is 0.245 e. The molecule has 114 heavy (non-hydrogen) atoms. The van der Waals surface area contributed by atoms with Crippen LogP contribution < -0.4 is 75.7 Å². The van der Waals surface area contributed by atoms with E-state index in [-0.39, 0.29) is 94.9 Å². The molecule has 1 aliphatic rings. The summed E-state index contributed by atoms with van der Waals surface area (Å²) >= 11 is 6.30. The van der Waals surface area contributed by atoms with Gasteiger partial charge in [-0.1, -0.05) is 137 Å². The number of aliphatic hydroxyl groups excluding tert-OH is 1. The third-order valence-corrected chi connectivity index (χ3v) is 19.7. The Labute approximate surface area is 669 Å². The number of phenols is 1. The van der Waals surface area contributed by atoms with E-state index in [9.17, 15) is 43.8 Å². The van der Waals surface area contributed by atoms with Gasteiger partial charge in [0.1, 0.15) is 66.2 Å². The van der Waals surface area contributed by atoms with Gasteiger partial charge >= 0.3 is 0 Å².